The third-order valence-corrected chi connectivity index (χ3v) is 3.81. The fraction of sp³-hybridized carbons (Fsp3) is 0.769. The van der Waals surface area contributed by atoms with Crippen LogP contribution in [0.3, 0.4) is 0 Å². The van der Waals surface area contributed by atoms with Crippen molar-refractivity contribution < 1.29 is 24.2 Å². The highest BCUT2D eigenvalue weighted by molar-refractivity contribution is 5.89. The minimum atomic E-state index is -0.997. The summed E-state index contributed by atoms with van der Waals surface area (Å²) in [6.07, 6.45) is 1.12. The van der Waals surface area contributed by atoms with Gasteiger partial charge in [0.05, 0.1) is 13.2 Å². The summed E-state index contributed by atoms with van der Waals surface area (Å²) in [6, 6.07) is -1.88. The van der Waals surface area contributed by atoms with Gasteiger partial charge in [0, 0.05) is 19.6 Å². The second-order valence-electron chi connectivity index (χ2n) is 5.15. The largest absolute Gasteiger partial charge is 0.480 e. The molecule has 21 heavy (non-hydrogen) atoms. The van der Waals surface area contributed by atoms with Gasteiger partial charge in [-0.2, -0.15) is 0 Å². The Morgan fingerprint density at radius 2 is 1.95 bits per heavy atom. The van der Waals surface area contributed by atoms with Crippen molar-refractivity contribution in [3.8, 4) is 0 Å². The number of urea groups is 1. The zero-order valence-electron chi connectivity index (χ0n) is 12.1. The van der Waals surface area contributed by atoms with Gasteiger partial charge < -0.3 is 25.0 Å². The van der Waals surface area contributed by atoms with Crippen LogP contribution >= 0.6 is 0 Å². The molecule has 2 N–H and O–H groups in total. The Morgan fingerprint density at radius 1 is 1.24 bits per heavy atom. The van der Waals surface area contributed by atoms with E-state index >= 15 is 0 Å². The second kappa shape index (κ2) is 6.75. The number of amides is 3. The van der Waals surface area contributed by atoms with Gasteiger partial charge in [0.25, 0.3) is 0 Å². The second-order valence-corrected chi connectivity index (χ2v) is 5.15. The van der Waals surface area contributed by atoms with Gasteiger partial charge in [-0.15, -0.1) is 0 Å². The Labute approximate surface area is 123 Å². The first-order valence-electron chi connectivity index (χ1n) is 7.21. The summed E-state index contributed by atoms with van der Waals surface area (Å²) in [5.41, 5.74) is 0. The molecule has 3 amide bonds. The van der Waals surface area contributed by atoms with E-state index in [1.165, 1.54) is 9.80 Å². The number of carbonyl (C=O) groups excluding carboxylic acids is 2. The van der Waals surface area contributed by atoms with Crippen LogP contribution in [0.25, 0.3) is 0 Å². The molecule has 1 unspecified atom stereocenters. The van der Waals surface area contributed by atoms with Crippen molar-refractivity contribution in [3.63, 3.8) is 0 Å². The van der Waals surface area contributed by atoms with Crippen molar-refractivity contribution in [1.29, 1.82) is 0 Å². The Bertz CT molecular complexity index is 428. The number of ether oxygens (including phenoxy) is 1. The molecule has 2 heterocycles. The molecule has 0 saturated carbocycles. The predicted octanol–water partition coefficient (Wildman–Crippen LogP) is -0.508. The van der Waals surface area contributed by atoms with E-state index in [2.05, 4.69) is 5.32 Å². The maximum absolute atomic E-state index is 12.6. The van der Waals surface area contributed by atoms with Crippen molar-refractivity contribution in [2.24, 2.45) is 0 Å². The smallest absolute Gasteiger partial charge is 0.326 e. The number of likely N-dealkylation sites (N-methyl/N-ethyl adjacent to an activating group) is 1. The number of carboxylic acid groups (broad SMARTS) is 1. The fourth-order valence-corrected chi connectivity index (χ4v) is 2.76. The summed E-state index contributed by atoms with van der Waals surface area (Å²) in [6.45, 7) is 3.47. The summed E-state index contributed by atoms with van der Waals surface area (Å²) in [4.78, 5) is 38.6. The number of nitrogens with one attached hydrogen (secondary N) is 1. The number of carbonyl (C=O) groups is 3. The fourth-order valence-electron chi connectivity index (χ4n) is 2.76. The van der Waals surface area contributed by atoms with E-state index in [1.807, 2.05) is 0 Å². The van der Waals surface area contributed by atoms with Gasteiger partial charge in [0.2, 0.25) is 5.91 Å². The highest BCUT2D eigenvalue weighted by Gasteiger charge is 2.40. The lowest BCUT2D eigenvalue weighted by atomic mass is 10.2. The van der Waals surface area contributed by atoms with Crippen LogP contribution in [0.4, 0.5) is 4.79 Å². The first-order valence-corrected chi connectivity index (χ1v) is 7.21. The molecular formula is C13H21N3O5. The van der Waals surface area contributed by atoms with Crippen LogP contribution < -0.4 is 5.32 Å². The van der Waals surface area contributed by atoms with E-state index in [4.69, 9.17) is 4.74 Å². The number of nitrogens with zero attached hydrogens (tertiary/aromatic N) is 2. The van der Waals surface area contributed by atoms with Crippen molar-refractivity contribution >= 4 is 17.9 Å². The quantitative estimate of drug-likeness (QED) is 0.731. The van der Waals surface area contributed by atoms with E-state index in [0.717, 1.165) is 0 Å². The molecule has 0 aliphatic carbocycles. The summed E-state index contributed by atoms with van der Waals surface area (Å²) >= 11 is 0. The van der Waals surface area contributed by atoms with Gasteiger partial charge in [-0.3, -0.25) is 4.79 Å². The normalized spacial score (nSPS) is 25.8. The molecule has 0 aromatic carbocycles. The van der Waals surface area contributed by atoms with Crippen molar-refractivity contribution in [3.05, 3.63) is 0 Å². The van der Waals surface area contributed by atoms with Gasteiger partial charge in [-0.05, 0) is 19.8 Å². The molecule has 0 aromatic rings. The molecule has 0 radical (unpaired) electrons. The van der Waals surface area contributed by atoms with Crippen LogP contribution in [0, 0.1) is 0 Å². The lowest BCUT2D eigenvalue weighted by molar-refractivity contribution is -0.141. The van der Waals surface area contributed by atoms with E-state index in [9.17, 15) is 19.5 Å². The minimum absolute atomic E-state index is 0.142. The van der Waals surface area contributed by atoms with Crippen LogP contribution in [-0.2, 0) is 14.3 Å². The Hall–Kier alpha value is -1.83. The lowest BCUT2D eigenvalue weighted by Gasteiger charge is -2.37. The summed E-state index contributed by atoms with van der Waals surface area (Å²) < 4.78 is 5.28. The maximum atomic E-state index is 12.6. The number of hydrogen-bond donors (Lipinski definition) is 2. The first kappa shape index (κ1) is 15.6. The summed E-state index contributed by atoms with van der Waals surface area (Å²) in [5.74, 6) is -1.26. The molecule has 8 nitrogen and oxygen atoms in total. The number of carboxylic acids is 1. The molecule has 0 aromatic heterocycles. The van der Waals surface area contributed by atoms with Crippen LogP contribution in [0.5, 0.6) is 0 Å². The van der Waals surface area contributed by atoms with Crippen LogP contribution in [0.2, 0.25) is 0 Å². The van der Waals surface area contributed by atoms with Gasteiger partial charge in [0.1, 0.15) is 12.1 Å². The highest BCUT2D eigenvalue weighted by atomic mass is 16.5. The molecule has 2 aliphatic heterocycles. The van der Waals surface area contributed by atoms with Crippen molar-refractivity contribution in [1.82, 2.24) is 15.1 Å². The zero-order valence-corrected chi connectivity index (χ0v) is 12.1. The topological polar surface area (TPSA) is 99.2 Å². The molecule has 0 spiro atoms. The first-order chi connectivity index (χ1) is 10.1. The molecule has 2 fully saturated rings. The molecular weight excluding hydrogens is 278 g/mol. The molecule has 0 bridgehead atoms. The maximum Gasteiger partial charge on any atom is 0.326 e. The van der Waals surface area contributed by atoms with Crippen LogP contribution in [0.1, 0.15) is 19.8 Å². The lowest BCUT2D eigenvalue weighted by Crippen LogP contribution is -2.60. The average molecular weight is 299 g/mol. The molecule has 2 saturated heterocycles. The molecule has 8 heteroatoms. The monoisotopic (exact) mass is 299 g/mol. The van der Waals surface area contributed by atoms with E-state index in [0.29, 0.717) is 39.1 Å². The Morgan fingerprint density at radius 3 is 2.62 bits per heavy atom. The van der Waals surface area contributed by atoms with Gasteiger partial charge >= 0.3 is 12.0 Å². The SMILES string of the molecule is CCNC(=O)C1COCCN1C(=O)N1CCC[C@@H]1C(=O)O. The number of rotatable bonds is 3. The van der Waals surface area contributed by atoms with Crippen LogP contribution in [-0.4, -0.2) is 77.7 Å². The third-order valence-electron chi connectivity index (χ3n) is 3.81. The molecule has 118 valence electrons. The molecule has 2 aliphatic rings. The summed E-state index contributed by atoms with van der Waals surface area (Å²) in [5, 5.41) is 11.9. The highest BCUT2D eigenvalue weighted by Crippen LogP contribution is 2.21. The Balaban J connectivity index is 2.11. The molecule has 2 atom stereocenters. The van der Waals surface area contributed by atoms with Crippen molar-refractivity contribution in [2.45, 2.75) is 31.8 Å². The van der Waals surface area contributed by atoms with Gasteiger partial charge in [0.15, 0.2) is 0 Å². The summed E-state index contributed by atoms with van der Waals surface area (Å²) in [7, 11) is 0. The number of aliphatic carboxylic acids is 1. The van der Waals surface area contributed by atoms with Gasteiger partial charge in [-0.1, -0.05) is 0 Å². The predicted molar refractivity (Wildman–Crippen MR) is 72.8 cm³/mol. The van der Waals surface area contributed by atoms with Crippen LogP contribution in [0.15, 0.2) is 0 Å². The zero-order chi connectivity index (χ0) is 15.4. The number of likely N-dealkylation sites (tertiary alicyclic amines) is 1. The van der Waals surface area contributed by atoms with Gasteiger partial charge in [-0.25, -0.2) is 9.59 Å². The standard InChI is InChI=1S/C13H21N3O5/c1-2-14-11(17)10-8-21-7-6-16(10)13(20)15-5-3-4-9(15)12(18)19/h9-10H,2-8H2,1H3,(H,14,17)(H,18,19)/t9-,10?/m1/s1. The van der Waals surface area contributed by atoms with E-state index in [-0.39, 0.29) is 18.5 Å². The Kier molecular flexibility index (Phi) is 5.00. The van der Waals surface area contributed by atoms with E-state index in [1.54, 1.807) is 6.92 Å². The third kappa shape index (κ3) is 3.26. The molecule has 2 rings (SSSR count). The van der Waals surface area contributed by atoms with Crippen molar-refractivity contribution in [2.75, 3.05) is 32.8 Å². The number of hydrogen-bond acceptors (Lipinski definition) is 4. The number of morpholine rings is 1. The average Bonchev–Trinajstić information content (AvgIpc) is 2.96. The minimum Gasteiger partial charge on any atom is -0.480 e. The van der Waals surface area contributed by atoms with E-state index < -0.39 is 18.1 Å².